The summed E-state index contributed by atoms with van der Waals surface area (Å²) in [5.74, 6) is -0.293. The van der Waals surface area contributed by atoms with Gasteiger partial charge in [-0.1, -0.05) is 17.7 Å². The highest BCUT2D eigenvalue weighted by atomic mass is 35.5. The Kier molecular flexibility index (Phi) is 4.65. The van der Waals surface area contributed by atoms with Gasteiger partial charge in [0.1, 0.15) is 11.6 Å². The zero-order valence-corrected chi connectivity index (χ0v) is 12.1. The Balaban J connectivity index is 2.07. The quantitative estimate of drug-likeness (QED) is 0.853. The second-order valence-electron chi connectivity index (χ2n) is 4.43. The number of hydrogen-bond acceptors (Lipinski definition) is 3. The molecule has 21 heavy (non-hydrogen) atoms. The lowest BCUT2D eigenvalue weighted by Gasteiger charge is -2.08. The van der Waals surface area contributed by atoms with Crippen LogP contribution in [0.15, 0.2) is 36.4 Å². The summed E-state index contributed by atoms with van der Waals surface area (Å²) in [7, 11) is 1.50. The first-order valence-corrected chi connectivity index (χ1v) is 6.54. The molecule has 2 rings (SSSR count). The monoisotopic (exact) mass is 308 g/mol. The molecule has 2 aromatic rings. The van der Waals surface area contributed by atoms with E-state index in [1.165, 1.54) is 19.2 Å². The number of nitrogens with one attached hydrogen (secondary N) is 1. The average molecular weight is 309 g/mol. The van der Waals surface area contributed by atoms with Gasteiger partial charge >= 0.3 is 0 Å². The van der Waals surface area contributed by atoms with Gasteiger partial charge in [-0.05, 0) is 29.8 Å². The first-order chi connectivity index (χ1) is 9.99. The number of halogens is 2. The summed E-state index contributed by atoms with van der Waals surface area (Å²) in [5.41, 5.74) is 7.22. The molecule has 2 aromatic carbocycles. The van der Waals surface area contributed by atoms with E-state index < -0.39 is 5.82 Å². The summed E-state index contributed by atoms with van der Waals surface area (Å²) >= 11 is 5.69. The van der Waals surface area contributed by atoms with Crippen molar-refractivity contribution in [3.8, 4) is 5.75 Å². The minimum Gasteiger partial charge on any atom is -0.497 e. The van der Waals surface area contributed by atoms with Gasteiger partial charge in [-0.25, -0.2) is 4.39 Å². The predicted octanol–water partition coefficient (Wildman–Crippen LogP) is 3.00. The number of methoxy groups -OCH3 is 1. The standard InChI is InChI=1S/C15H14ClFN2O2/c1-21-12-6-10(5-11(18)7-12)15(20)19-8-9-2-3-14(17)13(16)4-9/h2-7H,8,18H2,1H3,(H,19,20). The topological polar surface area (TPSA) is 64.3 Å². The number of hydrogen-bond donors (Lipinski definition) is 2. The molecule has 0 aliphatic rings. The molecule has 0 bridgehead atoms. The predicted molar refractivity (Wildman–Crippen MR) is 80.0 cm³/mol. The van der Waals surface area contributed by atoms with Crippen LogP contribution in [-0.2, 0) is 6.54 Å². The van der Waals surface area contributed by atoms with Crippen molar-refractivity contribution in [2.75, 3.05) is 12.8 Å². The van der Waals surface area contributed by atoms with Crippen molar-refractivity contribution in [2.24, 2.45) is 0 Å². The third-order valence-corrected chi connectivity index (χ3v) is 3.15. The van der Waals surface area contributed by atoms with Crippen LogP contribution < -0.4 is 15.8 Å². The molecule has 4 nitrogen and oxygen atoms in total. The maximum absolute atomic E-state index is 13.0. The molecule has 3 N–H and O–H groups in total. The lowest BCUT2D eigenvalue weighted by molar-refractivity contribution is 0.0950. The Morgan fingerprint density at radius 3 is 2.76 bits per heavy atom. The van der Waals surface area contributed by atoms with E-state index in [2.05, 4.69) is 5.32 Å². The van der Waals surface area contributed by atoms with E-state index in [9.17, 15) is 9.18 Å². The maximum atomic E-state index is 13.0. The first kappa shape index (κ1) is 15.1. The summed E-state index contributed by atoms with van der Waals surface area (Å²) in [6, 6.07) is 9.04. The lowest BCUT2D eigenvalue weighted by Crippen LogP contribution is -2.23. The first-order valence-electron chi connectivity index (χ1n) is 6.16. The zero-order chi connectivity index (χ0) is 15.4. The van der Waals surface area contributed by atoms with Crippen LogP contribution in [0.3, 0.4) is 0 Å². The SMILES string of the molecule is COc1cc(N)cc(C(=O)NCc2ccc(F)c(Cl)c2)c1. The number of ether oxygens (including phenoxy) is 1. The summed E-state index contributed by atoms with van der Waals surface area (Å²) in [5, 5.41) is 2.73. The van der Waals surface area contributed by atoms with Gasteiger partial charge in [-0.3, -0.25) is 4.79 Å². The Morgan fingerprint density at radius 1 is 1.33 bits per heavy atom. The van der Waals surface area contributed by atoms with Crippen molar-refractivity contribution in [1.82, 2.24) is 5.32 Å². The molecule has 0 aliphatic heterocycles. The number of nitrogen functional groups attached to an aromatic ring is 1. The zero-order valence-electron chi connectivity index (χ0n) is 11.3. The van der Waals surface area contributed by atoms with Crippen molar-refractivity contribution < 1.29 is 13.9 Å². The molecule has 0 aliphatic carbocycles. The highest BCUT2D eigenvalue weighted by Crippen LogP contribution is 2.19. The van der Waals surface area contributed by atoms with Crippen molar-refractivity contribution in [3.05, 3.63) is 58.4 Å². The van der Waals surface area contributed by atoms with Crippen LogP contribution in [0.4, 0.5) is 10.1 Å². The Morgan fingerprint density at radius 2 is 2.10 bits per heavy atom. The van der Waals surface area contributed by atoms with Gasteiger partial charge in [0.25, 0.3) is 5.91 Å². The molecule has 0 unspecified atom stereocenters. The van der Waals surface area contributed by atoms with Gasteiger partial charge in [0.2, 0.25) is 0 Å². The second kappa shape index (κ2) is 6.45. The average Bonchev–Trinajstić information content (AvgIpc) is 2.47. The van der Waals surface area contributed by atoms with Crippen LogP contribution in [0.5, 0.6) is 5.75 Å². The molecule has 1 amide bonds. The smallest absolute Gasteiger partial charge is 0.251 e. The molecule has 0 saturated carbocycles. The van der Waals surface area contributed by atoms with Gasteiger partial charge in [-0.15, -0.1) is 0 Å². The summed E-state index contributed by atoms with van der Waals surface area (Å²) < 4.78 is 18.1. The van der Waals surface area contributed by atoms with Crippen LogP contribution in [0.2, 0.25) is 5.02 Å². The molecule has 0 atom stereocenters. The number of rotatable bonds is 4. The van der Waals surface area contributed by atoms with Crippen molar-refractivity contribution in [1.29, 1.82) is 0 Å². The third kappa shape index (κ3) is 3.86. The van der Waals surface area contributed by atoms with E-state index in [1.54, 1.807) is 24.3 Å². The summed E-state index contributed by atoms with van der Waals surface area (Å²) in [6.45, 7) is 0.232. The fourth-order valence-corrected chi connectivity index (χ4v) is 2.01. The van der Waals surface area contributed by atoms with Crippen LogP contribution in [0.25, 0.3) is 0 Å². The fraction of sp³-hybridized carbons (Fsp3) is 0.133. The molecule has 6 heteroatoms. The molecule has 0 radical (unpaired) electrons. The van der Waals surface area contributed by atoms with E-state index in [1.807, 2.05) is 0 Å². The third-order valence-electron chi connectivity index (χ3n) is 2.86. The number of anilines is 1. The highest BCUT2D eigenvalue weighted by molar-refractivity contribution is 6.30. The molecule has 0 aromatic heterocycles. The number of benzene rings is 2. The van der Waals surface area contributed by atoms with Crippen LogP contribution >= 0.6 is 11.6 Å². The molecule has 110 valence electrons. The minimum atomic E-state index is -0.493. The summed E-state index contributed by atoms with van der Waals surface area (Å²) in [4.78, 5) is 12.1. The molecule has 0 saturated heterocycles. The van der Waals surface area contributed by atoms with Crippen molar-refractivity contribution in [3.63, 3.8) is 0 Å². The largest absolute Gasteiger partial charge is 0.497 e. The van der Waals surface area contributed by atoms with Crippen molar-refractivity contribution in [2.45, 2.75) is 6.54 Å². The Hall–Kier alpha value is -2.27. The van der Waals surface area contributed by atoms with E-state index in [4.69, 9.17) is 22.1 Å². The Bertz CT molecular complexity index is 677. The van der Waals surface area contributed by atoms with Gasteiger partial charge in [-0.2, -0.15) is 0 Å². The van der Waals surface area contributed by atoms with Crippen LogP contribution in [0.1, 0.15) is 15.9 Å². The number of amides is 1. The number of carbonyl (C=O) groups is 1. The molecule has 0 heterocycles. The van der Waals surface area contributed by atoms with Crippen molar-refractivity contribution >= 4 is 23.2 Å². The highest BCUT2D eigenvalue weighted by Gasteiger charge is 2.09. The minimum absolute atomic E-state index is 0.0207. The van der Waals surface area contributed by atoms with E-state index in [-0.39, 0.29) is 17.5 Å². The summed E-state index contributed by atoms with van der Waals surface area (Å²) in [6.07, 6.45) is 0. The Labute approximate surface area is 126 Å². The number of nitrogens with two attached hydrogens (primary N) is 1. The lowest BCUT2D eigenvalue weighted by atomic mass is 10.1. The van der Waals surface area contributed by atoms with Gasteiger partial charge in [0.15, 0.2) is 0 Å². The molecular weight excluding hydrogens is 295 g/mol. The molecule has 0 fully saturated rings. The van der Waals surface area contributed by atoms with E-state index in [0.29, 0.717) is 22.6 Å². The normalized spacial score (nSPS) is 10.2. The fourth-order valence-electron chi connectivity index (χ4n) is 1.81. The molecule has 0 spiro atoms. The van der Waals surface area contributed by atoms with Gasteiger partial charge in [0, 0.05) is 23.9 Å². The van der Waals surface area contributed by atoms with Crippen LogP contribution in [-0.4, -0.2) is 13.0 Å². The van der Waals surface area contributed by atoms with Gasteiger partial charge in [0.05, 0.1) is 12.1 Å². The second-order valence-corrected chi connectivity index (χ2v) is 4.83. The molecular formula is C15H14ClFN2O2. The number of carbonyl (C=O) groups excluding carboxylic acids is 1. The van der Waals surface area contributed by atoms with E-state index >= 15 is 0 Å². The van der Waals surface area contributed by atoms with Gasteiger partial charge < -0.3 is 15.8 Å². The van der Waals surface area contributed by atoms with Crippen LogP contribution in [0, 0.1) is 5.82 Å². The maximum Gasteiger partial charge on any atom is 0.251 e. The van der Waals surface area contributed by atoms with E-state index in [0.717, 1.165) is 0 Å².